The van der Waals surface area contributed by atoms with E-state index in [0.29, 0.717) is 16.8 Å². The zero-order valence-electron chi connectivity index (χ0n) is 9.16. The van der Waals surface area contributed by atoms with Crippen molar-refractivity contribution in [3.05, 3.63) is 40.2 Å². The second kappa shape index (κ2) is 3.96. The Morgan fingerprint density at radius 1 is 1.38 bits per heavy atom. The third kappa shape index (κ3) is 1.56. The van der Waals surface area contributed by atoms with Crippen LogP contribution in [0.3, 0.4) is 0 Å². The van der Waals surface area contributed by atoms with Crippen molar-refractivity contribution >= 4 is 10.9 Å². The third-order valence-electron chi connectivity index (χ3n) is 2.68. The first-order valence-corrected chi connectivity index (χ1v) is 4.90. The van der Waals surface area contributed by atoms with E-state index in [1.54, 1.807) is 32.4 Å². The summed E-state index contributed by atoms with van der Waals surface area (Å²) < 4.78 is 19.3. The van der Waals surface area contributed by atoms with Gasteiger partial charge in [0.25, 0.3) is 5.56 Å². The first-order valence-electron chi connectivity index (χ1n) is 4.90. The van der Waals surface area contributed by atoms with Crippen molar-refractivity contribution in [2.24, 2.45) is 7.05 Å². The molecule has 84 valence electrons. The maximum atomic E-state index is 12.8. The minimum absolute atomic E-state index is 0.214. The summed E-state index contributed by atoms with van der Waals surface area (Å²) in [4.78, 5) is 11.6. The van der Waals surface area contributed by atoms with Gasteiger partial charge in [0.1, 0.15) is 12.4 Å². The topological polar surface area (TPSA) is 31.2 Å². The monoisotopic (exact) mass is 221 g/mol. The molecule has 1 aromatic carbocycles. The highest BCUT2D eigenvalue weighted by molar-refractivity contribution is 5.83. The van der Waals surface area contributed by atoms with Crippen molar-refractivity contribution in [2.45, 2.75) is 6.67 Å². The van der Waals surface area contributed by atoms with E-state index in [1.807, 2.05) is 0 Å². The number of alkyl halides is 1. The number of aromatic nitrogens is 1. The van der Waals surface area contributed by atoms with Gasteiger partial charge in [0, 0.05) is 24.6 Å². The highest BCUT2D eigenvalue weighted by Gasteiger charge is 2.07. The van der Waals surface area contributed by atoms with Crippen molar-refractivity contribution < 1.29 is 9.13 Å². The highest BCUT2D eigenvalue weighted by Crippen LogP contribution is 2.22. The van der Waals surface area contributed by atoms with Crippen molar-refractivity contribution in [3.8, 4) is 5.75 Å². The second-order valence-corrected chi connectivity index (χ2v) is 3.58. The summed E-state index contributed by atoms with van der Waals surface area (Å²) in [5.74, 6) is 0.651. The number of benzene rings is 1. The van der Waals surface area contributed by atoms with E-state index in [4.69, 9.17) is 4.74 Å². The van der Waals surface area contributed by atoms with Gasteiger partial charge in [0.2, 0.25) is 0 Å². The van der Waals surface area contributed by atoms with Crippen LogP contribution in [-0.2, 0) is 13.7 Å². The number of fused-ring (bicyclic) bond motifs is 1. The van der Waals surface area contributed by atoms with Gasteiger partial charge in [-0.2, -0.15) is 0 Å². The van der Waals surface area contributed by atoms with Gasteiger partial charge in [-0.25, -0.2) is 4.39 Å². The van der Waals surface area contributed by atoms with Gasteiger partial charge < -0.3 is 9.30 Å². The third-order valence-corrected chi connectivity index (χ3v) is 2.68. The molecular formula is C12H12FNO2. The van der Waals surface area contributed by atoms with Crippen LogP contribution in [0.1, 0.15) is 5.56 Å². The molecule has 1 aromatic heterocycles. The van der Waals surface area contributed by atoms with E-state index in [-0.39, 0.29) is 5.56 Å². The van der Waals surface area contributed by atoms with E-state index < -0.39 is 6.67 Å². The van der Waals surface area contributed by atoms with Gasteiger partial charge in [-0.1, -0.05) is 0 Å². The number of ether oxygens (including phenoxy) is 1. The van der Waals surface area contributed by atoms with E-state index in [2.05, 4.69) is 0 Å². The SMILES string of the molecule is COc1ccc2c(CF)cc(=O)n(C)c2c1. The lowest BCUT2D eigenvalue weighted by molar-refractivity contribution is 0.415. The van der Waals surface area contributed by atoms with E-state index in [0.717, 1.165) is 5.39 Å². The van der Waals surface area contributed by atoms with Crippen LogP contribution in [0.4, 0.5) is 4.39 Å². The fourth-order valence-electron chi connectivity index (χ4n) is 1.74. The average Bonchev–Trinajstić information content (AvgIpc) is 2.33. The number of halogens is 1. The number of hydrogen-bond acceptors (Lipinski definition) is 2. The minimum atomic E-state index is -0.640. The number of hydrogen-bond donors (Lipinski definition) is 0. The van der Waals surface area contributed by atoms with Crippen LogP contribution in [0.5, 0.6) is 5.75 Å². The van der Waals surface area contributed by atoms with Crippen LogP contribution < -0.4 is 10.3 Å². The van der Waals surface area contributed by atoms with Crippen LogP contribution in [0.2, 0.25) is 0 Å². The molecule has 0 unspecified atom stereocenters. The van der Waals surface area contributed by atoms with Gasteiger partial charge in [0.15, 0.2) is 0 Å². The molecule has 0 bridgehead atoms. The fourth-order valence-corrected chi connectivity index (χ4v) is 1.74. The molecule has 0 aliphatic rings. The molecule has 2 aromatic rings. The van der Waals surface area contributed by atoms with Gasteiger partial charge >= 0.3 is 0 Å². The highest BCUT2D eigenvalue weighted by atomic mass is 19.1. The maximum Gasteiger partial charge on any atom is 0.251 e. The van der Waals surface area contributed by atoms with Gasteiger partial charge in [-0.3, -0.25) is 4.79 Å². The van der Waals surface area contributed by atoms with Crippen LogP contribution in [-0.4, -0.2) is 11.7 Å². The fraction of sp³-hybridized carbons (Fsp3) is 0.250. The average molecular weight is 221 g/mol. The zero-order chi connectivity index (χ0) is 11.7. The standard InChI is InChI=1S/C12H12FNO2/c1-14-11-6-9(16-2)3-4-10(11)8(7-13)5-12(14)15/h3-6H,7H2,1-2H3. The molecule has 0 amide bonds. The molecule has 0 radical (unpaired) electrons. The van der Waals surface area contributed by atoms with Crippen LogP contribution in [0.25, 0.3) is 10.9 Å². The molecule has 1 heterocycles. The predicted molar refractivity (Wildman–Crippen MR) is 60.6 cm³/mol. The number of aryl methyl sites for hydroxylation is 1. The van der Waals surface area contributed by atoms with Crippen molar-refractivity contribution in [3.63, 3.8) is 0 Å². The van der Waals surface area contributed by atoms with Gasteiger partial charge in [0.05, 0.1) is 12.6 Å². The smallest absolute Gasteiger partial charge is 0.251 e. The maximum absolute atomic E-state index is 12.8. The summed E-state index contributed by atoms with van der Waals surface area (Å²) in [5, 5.41) is 0.741. The molecule has 0 spiro atoms. The predicted octanol–water partition coefficient (Wildman–Crippen LogP) is 2.02. The zero-order valence-corrected chi connectivity index (χ0v) is 9.16. The number of methoxy groups -OCH3 is 1. The summed E-state index contributed by atoms with van der Waals surface area (Å²) >= 11 is 0. The number of rotatable bonds is 2. The number of pyridine rings is 1. The lowest BCUT2D eigenvalue weighted by Crippen LogP contribution is -2.17. The van der Waals surface area contributed by atoms with Crippen molar-refractivity contribution in [2.75, 3.05) is 7.11 Å². The quantitative estimate of drug-likeness (QED) is 0.776. The second-order valence-electron chi connectivity index (χ2n) is 3.58. The van der Waals surface area contributed by atoms with Crippen LogP contribution >= 0.6 is 0 Å². The molecule has 0 N–H and O–H groups in total. The molecule has 2 rings (SSSR count). The van der Waals surface area contributed by atoms with E-state index in [9.17, 15) is 9.18 Å². The molecule has 0 aliphatic carbocycles. The van der Waals surface area contributed by atoms with Crippen molar-refractivity contribution in [1.29, 1.82) is 0 Å². The number of nitrogens with zero attached hydrogens (tertiary/aromatic N) is 1. The summed E-state index contributed by atoms with van der Waals surface area (Å²) in [6.45, 7) is -0.640. The van der Waals surface area contributed by atoms with Gasteiger partial charge in [-0.15, -0.1) is 0 Å². The largest absolute Gasteiger partial charge is 0.497 e. The summed E-state index contributed by atoms with van der Waals surface area (Å²) in [6.07, 6.45) is 0. The first-order chi connectivity index (χ1) is 7.67. The normalized spacial score (nSPS) is 10.7. The molecule has 0 fully saturated rings. The van der Waals surface area contributed by atoms with Crippen LogP contribution in [0.15, 0.2) is 29.1 Å². The molecule has 0 atom stereocenters. The Hall–Kier alpha value is -1.84. The Labute approximate surface area is 92.1 Å². The van der Waals surface area contributed by atoms with Crippen molar-refractivity contribution in [1.82, 2.24) is 4.57 Å². The Morgan fingerprint density at radius 2 is 2.12 bits per heavy atom. The lowest BCUT2D eigenvalue weighted by Gasteiger charge is -2.09. The molecule has 0 saturated heterocycles. The molecular weight excluding hydrogens is 209 g/mol. The Bertz CT molecular complexity index is 589. The van der Waals surface area contributed by atoms with Crippen LogP contribution in [0, 0.1) is 0 Å². The first kappa shape index (κ1) is 10.7. The molecule has 0 saturated carbocycles. The summed E-state index contributed by atoms with van der Waals surface area (Å²) in [5.41, 5.74) is 0.883. The van der Waals surface area contributed by atoms with E-state index in [1.165, 1.54) is 10.6 Å². The van der Waals surface area contributed by atoms with E-state index >= 15 is 0 Å². The Kier molecular flexibility index (Phi) is 2.64. The molecule has 4 heteroatoms. The lowest BCUT2D eigenvalue weighted by atomic mass is 10.1. The molecule has 0 aliphatic heterocycles. The van der Waals surface area contributed by atoms with Gasteiger partial charge in [-0.05, 0) is 17.7 Å². The Balaban J connectivity index is 2.88. The molecule has 3 nitrogen and oxygen atoms in total. The Morgan fingerprint density at radius 3 is 2.75 bits per heavy atom. The summed E-state index contributed by atoms with van der Waals surface area (Å²) in [7, 11) is 3.21. The minimum Gasteiger partial charge on any atom is -0.497 e. The molecule has 16 heavy (non-hydrogen) atoms. The summed E-state index contributed by atoms with van der Waals surface area (Å²) in [6, 6.07) is 6.58.